The van der Waals surface area contributed by atoms with Crippen LogP contribution in [0.15, 0.2) is 41.7 Å². The summed E-state index contributed by atoms with van der Waals surface area (Å²) < 4.78 is 41.1. The molecule has 0 aliphatic rings. The molecule has 25 heavy (non-hydrogen) atoms. The van der Waals surface area contributed by atoms with Crippen LogP contribution in [0, 0.1) is 17.5 Å². The van der Waals surface area contributed by atoms with Gasteiger partial charge in [-0.15, -0.1) is 0 Å². The summed E-state index contributed by atoms with van der Waals surface area (Å²) in [4.78, 5) is 22.8. The van der Waals surface area contributed by atoms with Crippen LogP contribution in [0.25, 0.3) is 22.2 Å². The van der Waals surface area contributed by atoms with Gasteiger partial charge in [0.2, 0.25) is 0 Å². The maximum atomic E-state index is 14.0. The number of halogens is 3. The molecule has 0 atom stereocenters. The molecule has 0 aliphatic heterocycles. The van der Waals surface area contributed by atoms with E-state index in [4.69, 9.17) is 11.5 Å². The minimum absolute atomic E-state index is 0.0390. The number of rotatable bonds is 2. The molecule has 3 rings (SSSR count). The molecule has 2 aromatic heterocycles. The summed E-state index contributed by atoms with van der Waals surface area (Å²) in [6.07, 6.45) is 1.70. The van der Waals surface area contributed by atoms with E-state index in [0.717, 1.165) is 12.4 Å². The number of nitrogens with zero attached hydrogens (tertiary/aromatic N) is 3. The summed E-state index contributed by atoms with van der Waals surface area (Å²) in [5.41, 5.74) is 10.0. The normalized spacial score (nSPS) is 10.7. The van der Waals surface area contributed by atoms with Gasteiger partial charge in [0.05, 0.1) is 18.1 Å². The molecule has 0 spiro atoms. The SMILES string of the molecule is NC(N)=NC(=O)c1ccc2c(F)cnc(-c3ncc(F)cc3F)c2c1. The maximum absolute atomic E-state index is 14.0. The molecular formula is C16H10F3N5O. The number of amides is 1. The van der Waals surface area contributed by atoms with Crippen molar-refractivity contribution in [3.05, 3.63) is 59.7 Å². The Morgan fingerprint density at radius 3 is 2.32 bits per heavy atom. The zero-order chi connectivity index (χ0) is 18.1. The van der Waals surface area contributed by atoms with E-state index >= 15 is 0 Å². The third-order valence-corrected chi connectivity index (χ3v) is 3.35. The molecule has 6 nitrogen and oxygen atoms in total. The standard InChI is InChI=1S/C16H10F3N5O/c17-8-4-11(18)14(22-5-8)13-10-3-7(15(25)24-16(20)21)1-2-9(10)12(19)6-23-13/h1-6H,(H4,20,21,24,25). The predicted molar refractivity (Wildman–Crippen MR) is 85.0 cm³/mol. The fourth-order valence-corrected chi connectivity index (χ4v) is 2.30. The molecule has 0 aliphatic carbocycles. The van der Waals surface area contributed by atoms with Gasteiger partial charge in [0.25, 0.3) is 5.91 Å². The van der Waals surface area contributed by atoms with E-state index in [0.29, 0.717) is 6.07 Å². The smallest absolute Gasteiger partial charge is 0.280 e. The number of aliphatic imine (C=N–C) groups is 1. The van der Waals surface area contributed by atoms with Gasteiger partial charge in [0, 0.05) is 22.4 Å². The molecule has 0 saturated heterocycles. The number of guanidine groups is 1. The highest BCUT2D eigenvalue weighted by atomic mass is 19.1. The van der Waals surface area contributed by atoms with Crippen LogP contribution in [-0.2, 0) is 0 Å². The first kappa shape index (κ1) is 16.4. The van der Waals surface area contributed by atoms with Crippen LogP contribution >= 0.6 is 0 Å². The highest BCUT2D eigenvalue weighted by Crippen LogP contribution is 2.29. The summed E-state index contributed by atoms with van der Waals surface area (Å²) in [7, 11) is 0. The first-order valence-electron chi connectivity index (χ1n) is 6.90. The van der Waals surface area contributed by atoms with Crippen molar-refractivity contribution < 1.29 is 18.0 Å². The summed E-state index contributed by atoms with van der Waals surface area (Å²) >= 11 is 0. The Kier molecular flexibility index (Phi) is 4.05. The molecule has 2 heterocycles. The van der Waals surface area contributed by atoms with Crippen LogP contribution in [0.1, 0.15) is 10.4 Å². The number of carbonyl (C=O) groups excluding carboxylic acids is 1. The van der Waals surface area contributed by atoms with Gasteiger partial charge >= 0.3 is 0 Å². The van der Waals surface area contributed by atoms with Gasteiger partial charge in [0.1, 0.15) is 17.3 Å². The Hall–Kier alpha value is -3.49. The molecule has 0 fully saturated rings. The van der Waals surface area contributed by atoms with E-state index in [1.54, 1.807) is 0 Å². The Morgan fingerprint density at radius 2 is 1.64 bits per heavy atom. The van der Waals surface area contributed by atoms with Gasteiger partial charge in [-0.3, -0.25) is 9.78 Å². The van der Waals surface area contributed by atoms with Crippen molar-refractivity contribution in [2.75, 3.05) is 0 Å². The van der Waals surface area contributed by atoms with Crippen LogP contribution < -0.4 is 11.5 Å². The van der Waals surface area contributed by atoms with Gasteiger partial charge in [0.15, 0.2) is 11.8 Å². The molecule has 0 radical (unpaired) electrons. The number of benzene rings is 1. The monoisotopic (exact) mass is 345 g/mol. The lowest BCUT2D eigenvalue weighted by atomic mass is 10.0. The van der Waals surface area contributed by atoms with Crippen LogP contribution in [0.4, 0.5) is 13.2 Å². The van der Waals surface area contributed by atoms with E-state index < -0.39 is 29.3 Å². The lowest BCUT2D eigenvalue weighted by molar-refractivity contribution is 0.100. The maximum Gasteiger partial charge on any atom is 0.280 e. The van der Waals surface area contributed by atoms with Crippen LogP contribution in [0.5, 0.6) is 0 Å². The summed E-state index contributed by atoms with van der Waals surface area (Å²) in [5, 5.41) is 0.187. The number of aromatic nitrogens is 2. The third kappa shape index (κ3) is 3.11. The number of nitrogens with two attached hydrogens (primary N) is 2. The quantitative estimate of drug-likeness (QED) is 0.546. The molecule has 0 bridgehead atoms. The van der Waals surface area contributed by atoms with Gasteiger partial charge in [-0.1, -0.05) is 6.07 Å². The first-order chi connectivity index (χ1) is 11.9. The summed E-state index contributed by atoms with van der Waals surface area (Å²) in [5.74, 6) is -3.71. The van der Waals surface area contributed by atoms with Crippen molar-refractivity contribution in [1.29, 1.82) is 0 Å². The molecule has 4 N–H and O–H groups in total. The summed E-state index contributed by atoms with van der Waals surface area (Å²) in [6, 6.07) is 4.53. The Labute approximate surface area is 139 Å². The number of carbonyl (C=O) groups is 1. The molecule has 0 unspecified atom stereocenters. The molecular weight excluding hydrogens is 335 g/mol. The largest absolute Gasteiger partial charge is 0.370 e. The topological polar surface area (TPSA) is 107 Å². The van der Waals surface area contributed by atoms with Crippen LogP contribution in [-0.4, -0.2) is 21.8 Å². The van der Waals surface area contributed by atoms with E-state index in [1.807, 2.05) is 0 Å². The van der Waals surface area contributed by atoms with Gasteiger partial charge in [-0.25, -0.2) is 18.2 Å². The molecule has 126 valence electrons. The average molecular weight is 345 g/mol. The zero-order valence-electron chi connectivity index (χ0n) is 12.5. The molecule has 3 aromatic rings. The van der Waals surface area contributed by atoms with Gasteiger partial charge < -0.3 is 11.5 Å². The van der Waals surface area contributed by atoms with Crippen molar-refractivity contribution in [3.63, 3.8) is 0 Å². The van der Waals surface area contributed by atoms with E-state index in [9.17, 15) is 18.0 Å². The Balaban J connectivity index is 2.27. The Bertz CT molecular complexity index is 1030. The van der Waals surface area contributed by atoms with Crippen molar-refractivity contribution in [2.24, 2.45) is 16.5 Å². The molecule has 9 heteroatoms. The highest BCUT2D eigenvalue weighted by Gasteiger charge is 2.17. The van der Waals surface area contributed by atoms with Crippen molar-refractivity contribution >= 4 is 22.6 Å². The predicted octanol–water partition coefficient (Wildman–Crippen LogP) is 2.13. The molecule has 1 aromatic carbocycles. The lowest BCUT2D eigenvalue weighted by Gasteiger charge is -2.08. The number of pyridine rings is 2. The van der Waals surface area contributed by atoms with E-state index in [-0.39, 0.29) is 27.7 Å². The molecule has 0 saturated carbocycles. The third-order valence-electron chi connectivity index (χ3n) is 3.35. The minimum Gasteiger partial charge on any atom is -0.370 e. The number of hydrogen-bond acceptors (Lipinski definition) is 3. The Morgan fingerprint density at radius 1 is 0.920 bits per heavy atom. The molecule has 1 amide bonds. The zero-order valence-corrected chi connectivity index (χ0v) is 12.5. The number of hydrogen-bond donors (Lipinski definition) is 2. The summed E-state index contributed by atoms with van der Waals surface area (Å²) in [6.45, 7) is 0. The number of fused-ring (bicyclic) bond motifs is 1. The second kappa shape index (κ2) is 6.19. The second-order valence-corrected chi connectivity index (χ2v) is 5.04. The minimum atomic E-state index is -0.971. The van der Waals surface area contributed by atoms with Crippen molar-refractivity contribution in [2.45, 2.75) is 0 Å². The second-order valence-electron chi connectivity index (χ2n) is 5.04. The van der Waals surface area contributed by atoms with Crippen molar-refractivity contribution in [1.82, 2.24) is 9.97 Å². The van der Waals surface area contributed by atoms with E-state index in [2.05, 4.69) is 15.0 Å². The fourth-order valence-electron chi connectivity index (χ4n) is 2.30. The van der Waals surface area contributed by atoms with Crippen LogP contribution in [0.2, 0.25) is 0 Å². The van der Waals surface area contributed by atoms with Crippen molar-refractivity contribution in [3.8, 4) is 11.4 Å². The lowest BCUT2D eigenvalue weighted by Crippen LogP contribution is -2.24. The van der Waals surface area contributed by atoms with Gasteiger partial charge in [-0.05, 0) is 12.1 Å². The fraction of sp³-hybridized carbons (Fsp3) is 0. The first-order valence-corrected chi connectivity index (χ1v) is 6.90. The van der Waals surface area contributed by atoms with Crippen LogP contribution in [0.3, 0.4) is 0 Å². The van der Waals surface area contributed by atoms with Gasteiger partial charge in [-0.2, -0.15) is 4.99 Å². The highest BCUT2D eigenvalue weighted by molar-refractivity contribution is 6.05. The average Bonchev–Trinajstić information content (AvgIpc) is 2.55. The van der Waals surface area contributed by atoms with E-state index in [1.165, 1.54) is 18.2 Å².